The highest BCUT2D eigenvalue weighted by molar-refractivity contribution is 5.62. The molecular formula is C23H36N2O4. The van der Waals surface area contributed by atoms with Gasteiger partial charge in [0.05, 0.1) is 13.2 Å². The van der Waals surface area contributed by atoms with Gasteiger partial charge in [0.25, 0.3) is 5.09 Å². The number of ether oxygens (including phenoxy) is 1. The van der Waals surface area contributed by atoms with Gasteiger partial charge in [0.1, 0.15) is 5.75 Å². The van der Waals surface area contributed by atoms with Gasteiger partial charge in [-0.05, 0) is 68.9 Å². The molecule has 0 amide bonds. The maximum atomic E-state index is 10.1. The summed E-state index contributed by atoms with van der Waals surface area (Å²) in [5.41, 5.74) is 2.96. The van der Waals surface area contributed by atoms with Crippen LogP contribution in [0, 0.1) is 22.0 Å². The highest BCUT2D eigenvalue weighted by Gasteiger charge is 2.46. The van der Waals surface area contributed by atoms with E-state index in [1.165, 1.54) is 30.5 Å². The first-order valence-corrected chi connectivity index (χ1v) is 11.1. The maximum absolute atomic E-state index is 10.1. The van der Waals surface area contributed by atoms with E-state index in [1.54, 1.807) is 0 Å². The minimum atomic E-state index is -0.728. The lowest BCUT2D eigenvalue weighted by molar-refractivity contribution is -0.757. The predicted octanol–water partition coefficient (Wildman–Crippen LogP) is 5.58. The van der Waals surface area contributed by atoms with Crippen molar-refractivity contribution >= 4 is 5.69 Å². The Bertz CT molecular complexity index is 706. The third-order valence-corrected chi connectivity index (χ3v) is 7.15. The van der Waals surface area contributed by atoms with Gasteiger partial charge in [0.15, 0.2) is 0 Å². The lowest BCUT2D eigenvalue weighted by Gasteiger charge is -2.54. The van der Waals surface area contributed by atoms with Crippen LogP contribution >= 0.6 is 0 Å². The molecule has 0 N–H and O–H groups in total. The number of hydrogen-bond donors (Lipinski definition) is 0. The number of anilines is 1. The van der Waals surface area contributed by atoms with E-state index in [2.05, 4.69) is 55.8 Å². The van der Waals surface area contributed by atoms with Crippen LogP contribution in [0.3, 0.4) is 0 Å². The number of benzene rings is 1. The Balaban J connectivity index is 1.56. The molecule has 3 rings (SSSR count). The van der Waals surface area contributed by atoms with Crippen LogP contribution in [-0.4, -0.2) is 30.9 Å². The van der Waals surface area contributed by atoms with Gasteiger partial charge < -0.3 is 14.5 Å². The van der Waals surface area contributed by atoms with Crippen molar-refractivity contribution in [1.82, 2.24) is 0 Å². The molecule has 0 aromatic heterocycles. The summed E-state index contributed by atoms with van der Waals surface area (Å²) in [5, 5.41) is 9.38. The molecule has 1 aromatic carbocycles. The van der Waals surface area contributed by atoms with Crippen LogP contribution in [0.5, 0.6) is 5.75 Å². The van der Waals surface area contributed by atoms with Gasteiger partial charge in [0.2, 0.25) is 0 Å². The highest BCUT2D eigenvalue weighted by atomic mass is 16.9. The number of unbranched alkanes of at least 4 members (excludes halogenated alkanes) is 3. The fourth-order valence-corrected chi connectivity index (χ4v) is 5.23. The normalized spacial score (nSPS) is 25.1. The molecule has 1 aliphatic carbocycles. The van der Waals surface area contributed by atoms with E-state index in [9.17, 15) is 10.1 Å². The van der Waals surface area contributed by atoms with Crippen molar-refractivity contribution in [3.63, 3.8) is 0 Å². The van der Waals surface area contributed by atoms with E-state index in [1.807, 2.05) is 0 Å². The van der Waals surface area contributed by atoms with Crippen LogP contribution in [0.25, 0.3) is 0 Å². The molecule has 162 valence electrons. The Morgan fingerprint density at radius 3 is 2.62 bits per heavy atom. The second-order valence-corrected chi connectivity index (χ2v) is 9.38. The van der Waals surface area contributed by atoms with Crippen molar-refractivity contribution in [3.05, 3.63) is 33.9 Å². The highest BCUT2D eigenvalue weighted by Crippen LogP contribution is 2.54. The van der Waals surface area contributed by atoms with E-state index >= 15 is 0 Å². The first-order chi connectivity index (χ1) is 13.8. The standard InChI is InChI=1S/C23H36N2O4/c1-17-9-12-21-20(15-17)19-11-10-18(16-22(19)24(4)23(21,2)3)28-13-7-5-6-8-14-29-25(26)27/h10-11,16-17,20-21H,5-9,12-15H2,1-4H3/t17-,20+,21-/m1/s1. The average molecular weight is 405 g/mol. The number of hydrogen-bond acceptors (Lipinski definition) is 5. The second kappa shape index (κ2) is 9.23. The summed E-state index contributed by atoms with van der Waals surface area (Å²) in [6, 6.07) is 6.64. The van der Waals surface area contributed by atoms with Crippen molar-refractivity contribution in [2.75, 3.05) is 25.2 Å². The molecule has 1 aromatic rings. The Labute approximate surface area is 174 Å². The van der Waals surface area contributed by atoms with Crippen LogP contribution in [0.4, 0.5) is 5.69 Å². The average Bonchev–Trinajstić information content (AvgIpc) is 2.68. The summed E-state index contributed by atoms with van der Waals surface area (Å²) < 4.78 is 6.02. The largest absolute Gasteiger partial charge is 0.494 e. The van der Waals surface area contributed by atoms with Crippen molar-refractivity contribution in [1.29, 1.82) is 0 Å². The zero-order chi connectivity index (χ0) is 21.0. The minimum Gasteiger partial charge on any atom is -0.494 e. The molecule has 0 saturated heterocycles. The Hall–Kier alpha value is -1.98. The van der Waals surface area contributed by atoms with Gasteiger partial charge in [-0.3, -0.25) is 0 Å². The SMILES string of the molecule is C[C@@H]1CC[C@@H]2[C@@H](C1)c1ccc(OCCCCCCO[N+](=O)[O-])cc1N(C)C2(C)C. The number of rotatable bonds is 9. The zero-order valence-electron chi connectivity index (χ0n) is 18.4. The van der Waals surface area contributed by atoms with Crippen molar-refractivity contribution in [3.8, 4) is 5.75 Å². The monoisotopic (exact) mass is 404 g/mol. The van der Waals surface area contributed by atoms with Crippen LogP contribution < -0.4 is 9.64 Å². The molecule has 1 fully saturated rings. The topological polar surface area (TPSA) is 64.8 Å². The van der Waals surface area contributed by atoms with Crippen LogP contribution in [0.15, 0.2) is 18.2 Å². The molecule has 6 nitrogen and oxygen atoms in total. The summed E-state index contributed by atoms with van der Waals surface area (Å²) in [6.07, 6.45) is 7.50. The van der Waals surface area contributed by atoms with Crippen molar-refractivity contribution < 1.29 is 14.7 Å². The lowest BCUT2D eigenvalue weighted by atomic mass is 9.62. The van der Waals surface area contributed by atoms with Gasteiger partial charge in [-0.2, -0.15) is 0 Å². The molecule has 2 aliphatic rings. The van der Waals surface area contributed by atoms with Gasteiger partial charge >= 0.3 is 0 Å². The van der Waals surface area contributed by atoms with E-state index in [4.69, 9.17) is 4.74 Å². The Kier molecular flexibility index (Phi) is 6.91. The number of nitrogens with zero attached hydrogens (tertiary/aromatic N) is 2. The van der Waals surface area contributed by atoms with Crippen molar-refractivity contribution in [2.45, 2.75) is 77.2 Å². The molecule has 0 spiro atoms. The molecule has 1 aliphatic heterocycles. The van der Waals surface area contributed by atoms with Gasteiger partial charge in [-0.1, -0.05) is 32.3 Å². The minimum absolute atomic E-state index is 0.155. The third-order valence-electron chi connectivity index (χ3n) is 7.15. The van der Waals surface area contributed by atoms with E-state index in [0.29, 0.717) is 24.9 Å². The fraction of sp³-hybridized carbons (Fsp3) is 0.739. The zero-order valence-corrected chi connectivity index (χ0v) is 18.4. The Morgan fingerprint density at radius 1 is 1.17 bits per heavy atom. The summed E-state index contributed by atoms with van der Waals surface area (Å²) >= 11 is 0. The van der Waals surface area contributed by atoms with Gasteiger partial charge in [0, 0.05) is 24.3 Å². The molecule has 1 saturated carbocycles. The maximum Gasteiger partial charge on any atom is 0.294 e. The lowest BCUT2D eigenvalue weighted by Crippen LogP contribution is -2.54. The summed E-state index contributed by atoms with van der Waals surface area (Å²) in [6.45, 7) is 8.02. The molecule has 0 radical (unpaired) electrons. The van der Waals surface area contributed by atoms with E-state index in [0.717, 1.165) is 30.9 Å². The predicted molar refractivity (Wildman–Crippen MR) is 115 cm³/mol. The number of fused-ring (bicyclic) bond motifs is 3. The smallest absolute Gasteiger partial charge is 0.294 e. The third kappa shape index (κ3) is 4.96. The van der Waals surface area contributed by atoms with E-state index in [-0.39, 0.29) is 12.1 Å². The quantitative estimate of drug-likeness (QED) is 0.305. The second-order valence-electron chi connectivity index (χ2n) is 9.38. The molecule has 0 bridgehead atoms. The first kappa shape index (κ1) is 21.7. The summed E-state index contributed by atoms with van der Waals surface area (Å²) in [4.78, 5) is 16.9. The first-order valence-electron chi connectivity index (χ1n) is 11.1. The molecule has 1 heterocycles. The van der Waals surface area contributed by atoms with Gasteiger partial charge in [-0.15, -0.1) is 10.1 Å². The Morgan fingerprint density at radius 2 is 1.90 bits per heavy atom. The summed E-state index contributed by atoms with van der Waals surface area (Å²) in [7, 11) is 2.23. The fourth-order valence-electron chi connectivity index (χ4n) is 5.23. The molecule has 3 atom stereocenters. The summed E-state index contributed by atoms with van der Waals surface area (Å²) in [5.74, 6) is 3.10. The molecular weight excluding hydrogens is 368 g/mol. The molecule has 0 unspecified atom stereocenters. The van der Waals surface area contributed by atoms with Crippen LogP contribution in [0.1, 0.15) is 77.2 Å². The molecule has 6 heteroatoms. The van der Waals surface area contributed by atoms with Crippen LogP contribution in [0.2, 0.25) is 0 Å². The van der Waals surface area contributed by atoms with Gasteiger partial charge in [-0.25, -0.2) is 0 Å². The van der Waals surface area contributed by atoms with E-state index < -0.39 is 5.09 Å². The van der Waals surface area contributed by atoms with Crippen LogP contribution in [-0.2, 0) is 4.84 Å². The molecule has 29 heavy (non-hydrogen) atoms. The van der Waals surface area contributed by atoms with Crippen molar-refractivity contribution in [2.24, 2.45) is 11.8 Å².